The van der Waals surface area contributed by atoms with Crippen LogP contribution >= 0.6 is 0 Å². The first-order chi connectivity index (χ1) is 7.17. The van der Waals surface area contributed by atoms with Crippen molar-refractivity contribution in [3.63, 3.8) is 0 Å². The van der Waals surface area contributed by atoms with Crippen LogP contribution in [0.5, 0.6) is 0 Å². The molecule has 2 atom stereocenters. The maximum atomic E-state index is 11.4. The fraction of sp³-hybridized carbons (Fsp3) is 0.800. The fourth-order valence-electron chi connectivity index (χ4n) is 0.995. The molecule has 94 valence electrons. The Kier molecular flexibility index (Phi) is 5.23. The molecule has 0 aromatic rings. The summed E-state index contributed by atoms with van der Waals surface area (Å²) in [7, 11) is 1.43. The molecule has 0 aliphatic carbocycles. The minimum absolute atomic E-state index is 0.471. The van der Waals surface area contributed by atoms with Gasteiger partial charge in [0.1, 0.15) is 11.6 Å². The van der Waals surface area contributed by atoms with Crippen molar-refractivity contribution >= 4 is 12.0 Å². The highest BCUT2D eigenvalue weighted by Crippen LogP contribution is 2.07. The zero-order valence-corrected chi connectivity index (χ0v) is 10.3. The van der Waals surface area contributed by atoms with Gasteiger partial charge >= 0.3 is 6.09 Å². The van der Waals surface area contributed by atoms with Gasteiger partial charge in [-0.1, -0.05) is 0 Å². The van der Waals surface area contributed by atoms with Gasteiger partial charge in [0.2, 0.25) is 5.91 Å². The van der Waals surface area contributed by atoms with Gasteiger partial charge in [-0.3, -0.25) is 4.79 Å². The lowest BCUT2D eigenvalue weighted by molar-refractivity contribution is -0.125. The highest BCUT2D eigenvalue weighted by molar-refractivity contribution is 5.86. The molecule has 16 heavy (non-hydrogen) atoms. The molecule has 0 radical (unpaired) electrons. The Morgan fingerprint density at radius 1 is 1.31 bits per heavy atom. The molecule has 0 saturated heterocycles. The average Bonchev–Trinajstić information content (AvgIpc) is 2.09. The van der Waals surface area contributed by atoms with Crippen molar-refractivity contribution in [3.8, 4) is 0 Å². The second kappa shape index (κ2) is 5.69. The number of aliphatic hydroxyl groups excluding tert-OH is 1. The van der Waals surface area contributed by atoms with E-state index in [1.807, 2.05) is 0 Å². The first-order valence-electron chi connectivity index (χ1n) is 5.06. The largest absolute Gasteiger partial charge is 0.444 e. The maximum absolute atomic E-state index is 11.4. The third-order valence-electron chi connectivity index (χ3n) is 1.68. The number of nitrogens with one attached hydrogen (secondary N) is 2. The van der Waals surface area contributed by atoms with Crippen molar-refractivity contribution < 1.29 is 19.4 Å². The normalized spacial score (nSPS) is 14.9. The first-order valence-corrected chi connectivity index (χ1v) is 5.06. The fourth-order valence-corrected chi connectivity index (χ4v) is 0.995. The van der Waals surface area contributed by atoms with E-state index in [9.17, 15) is 14.7 Å². The van der Waals surface area contributed by atoms with Crippen molar-refractivity contribution in [2.45, 2.75) is 45.4 Å². The van der Waals surface area contributed by atoms with Crippen LogP contribution in [0.2, 0.25) is 0 Å². The molecule has 0 aliphatic heterocycles. The Labute approximate surface area is 95.4 Å². The molecule has 6 nitrogen and oxygen atoms in total. The number of ether oxygens (including phenoxy) is 1. The van der Waals surface area contributed by atoms with Crippen LogP contribution in [0.25, 0.3) is 0 Å². The highest BCUT2D eigenvalue weighted by atomic mass is 16.6. The van der Waals surface area contributed by atoms with Crippen LogP contribution < -0.4 is 10.6 Å². The molecule has 0 bridgehead atoms. The van der Waals surface area contributed by atoms with Crippen molar-refractivity contribution in [1.82, 2.24) is 10.6 Å². The van der Waals surface area contributed by atoms with E-state index in [-0.39, 0.29) is 0 Å². The summed E-state index contributed by atoms with van der Waals surface area (Å²) in [4.78, 5) is 22.7. The van der Waals surface area contributed by atoms with E-state index < -0.39 is 29.7 Å². The molecule has 2 amide bonds. The number of aliphatic hydroxyl groups is 1. The second-order valence-corrected chi connectivity index (χ2v) is 4.48. The number of likely N-dealkylation sites (N-methyl/N-ethyl adjacent to an activating group) is 1. The summed E-state index contributed by atoms with van der Waals surface area (Å²) in [5.74, 6) is -0.471. The van der Waals surface area contributed by atoms with Crippen molar-refractivity contribution in [2.24, 2.45) is 0 Å². The molecule has 0 spiro atoms. The molecule has 0 aromatic heterocycles. The number of carbonyl (C=O) groups excluding carboxylic acids is 2. The summed E-state index contributed by atoms with van der Waals surface area (Å²) < 4.78 is 4.97. The van der Waals surface area contributed by atoms with Gasteiger partial charge in [0, 0.05) is 7.05 Å². The van der Waals surface area contributed by atoms with Gasteiger partial charge in [-0.25, -0.2) is 4.79 Å². The van der Waals surface area contributed by atoms with Crippen LogP contribution in [0, 0.1) is 0 Å². The third-order valence-corrected chi connectivity index (χ3v) is 1.68. The first kappa shape index (κ1) is 14.7. The van der Waals surface area contributed by atoms with Gasteiger partial charge in [0.25, 0.3) is 0 Å². The van der Waals surface area contributed by atoms with E-state index in [4.69, 9.17) is 4.74 Å². The van der Waals surface area contributed by atoms with E-state index in [0.717, 1.165) is 0 Å². The Morgan fingerprint density at radius 2 is 1.81 bits per heavy atom. The lowest BCUT2D eigenvalue weighted by Gasteiger charge is -2.24. The third kappa shape index (κ3) is 5.55. The van der Waals surface area contributed by atoms with Gasteiger partial charge in [-0.05, 0) is 27.7 Å². The Hall–Kier alpha value is -1.30. The Bertz CT molecular complexity index is 258. The van der Waals surface area contributed by atoms with Crippen molar-refractivity contribution in [2.75, 3.05) is 7.05 Å². The van der Waals surface area contributed by atoms with E-state index in [1.165, 1.54) is 14.0 Å². The number of rotatable bonds is 3. The highest BCUT2D eigenvalue weighted by Gasteiger charge is 2.27. The SMILES string of the molecule is CNC(=O)[C@@H](NC(=O)OC(C)(C)C)C(C)O. The van der Waals surface area contributed by atoms with Crippen LogP contribution in [-0.2, 0) is 9.53 Å². The summed E-state index contributed by atoms with van der Waals surface area (Å²) in [5.41, 5.74) is -0.643. The molecule has 0 heterocycles. The monoisotopic (exact) mass is 232 g/mol. The number of carbonyl (C=O) groups is 2. The van der Waals surface area contributed by atoms with E-state index in [1.54, 1.807) is 20.8 Å². The Morgan fingerprint density at radius 3 is 2.12 bits per heavy atom. The molecule has 0 saturated carbocycles. The van der Waals surface area contributed by atoms with Crippen LogP contribution in [0.3, 0.4) is 0 Å². The minimum atomic E-state index is -1.01. The van der Waals surface area contributed by atoms with Crippen molar-refractivity contribution in [1.29, 1.82) is 0 Å². The molecule has 0 aliphatic rings. The zero-order valence-electron chi connectivity index (χ0n) is 10.3. The predicted molar refractivity (Wildman–Crippen MR) is 58.9 cm³/mol. The molecular formula is C10H20N2O4. The summed E-state index contributed by atoms with van der Waals surface area (Å²) in [5, 5.41) is 14.0. The van der Waals surface area contributed by atoms with Gasteiger partial charge in [0.15, 0.2) is 0 Å². The quantitative estimate of drug-likeness (QED) is 0.639. The number of amides is 2. The van der Waals surface area contributed by atoms with Gasteiger partial charge in [0.05, 0.1) is 6.10 Å². The van der Waals surface area contributed by atoms with E-state index in [2.05, 4.69) is 10.6 Å². The molecule has 6 heteroatoms. The lowest BCUT2D eigenvalue weighted by atomic mass is 10.1. The van der Waals surface area contributed by atoms with Crippen LogP contribution in [0.4, 0.5) is 4.79 Å². The summed E-state index contributed by atoms with van der Waals surface area (Å²) in [6.07, 6.45) is -1.73. The molecule has 1 unspecified atom stereocenters. The van der Waals surface area contributed by atoms with Crippen LogP contribution in [0.1, 0.15) is 27.7 Å². The van der Waals surface area contributed by atoms with Crippen molar-refractivity contribution in [3.05, 3.63) is 0 Å². The van der Waals surface area contributed by atoms with Gasteiger partial charge in [-0.15, -0.1) is 0 Å². The van der Waals surface area contributed by atoms with E-state index in [0.29, 0.717) is 0 Å². The summed E-state index contributed by atoms with van der Waals surface area (Å²) in [6, 6.07) is -1.01. The van der Waals surface area contributed by atoms with E-state index >= 15 is 0 Å². The second-order valence-electron chi connectivity index (χ2n) is 4.48. The molecular weight excluding hydrogens is 212 g/mol. The zero-order chi connectivity index (χ0) is 12.9. The van der Waals surface area contributed by atoms with Crippen LogP contribution in [0.15, 0.2) is 0 Å². The maximum Gasteiger partial charge on any atom is 0.408 e. The minimum Gasteiger partial charge on any atom is -0.444 e. The topological polar surface area (TPSA) is 87.7 Å². The smallest absolute Gasteiger partial charge is 0.408 e. The molecule has 0 aromatic carbocycles. The molecule has 0 fully saturated rings. The molecule has 0 rings (SSSR count). The molecule has 3 N–H and O–H groups in total. The standard InChI is InChI=1S/C10H20N2O4/c1-6(13)7(8(14)11-5)12-9(15)16-10(2,3)4/h6-7,13H,1-5H3,(H,11,14)(H,12,15)/t6?,7-/m0/s1. The van der Waals surface area contributed by atoms with Gasteiger partial charge < -0.3 is 20.5 Å². The number of hydrogen-bond acceptors (Lipinski definition) is 4. The summed E-state index contributed by atoms with van der Waals surface area (Å²) >= 11 is 0. The Balaban J connectivity index is 4.42. The lowest BCUT2D eigenvalue weighted by Crippen LogP contribution is -2.52. The average molecular weight is 232 g/mol. The number of hydrogen-bond donors (Lipinski definition) is 3. The number of alkyl carbamates (subject to hydrolysis) is 1. The summed E-state index contributed by atoms with van der Waals surface area (Å²) in [6.45, 7) is 6.55. The van der Waals surface area contributed by atoms with Crippen LogP contribution in [-0.4, -0.2) is 41.9 Å². The predicted octanol–water partition coefficient (Wildman–Crippen LogP) is 0.00650. The van der Waals surface area contributed by atoms with Gasteiger partial charge in [-0.2, -0.15) is 0 Å².